The number of halogens is 1. The molecule has 0 radical (unpaired) electrons. The van der Waals surface area contributed by atoms with Crippen LogP contribution in [0.4, 0.5) is 0 Å². The molecule has 108 valence electrons. The number of carboxylic acid groups (broad SMARTS) is 1. The molecule has 0 atom stereocenters. The molecule has 6 heteroatoms. The molecule has 0 aromatic heterocycles. The Kier molecular flexibility index (Phi) is 4.62. The van der Waals surface area contributed by atoms with Crippen molar-refractivity contribution in [2.45, 2.75) is 18.3 Å². The summed E-state index contributed by atoms with van der Waals surface area (Å²) in [6.45, 7) is 0.503. The van der Waals surface area contributed by atoms with E-state index in [0.717, 1.165) is 5.56 Å². The largest absolute Gasteiger partial charge is 0.480 e. The summed E-state index contributed by atoms with van der Waals surface area (Å²) in [6.07, 6.45) is 0.977. The van der Waals surface area contributed by atoms with Gasteiger partial charge in [-0.05, 0) is 24.5 Å². The highest BCUT2D eigenvalue weighted by atomic mass is 35.5. The molecule has 2 rings (SSSR count). The molecule has 1 aliphatic heterocycles. The average molecular weight is 298 g/mol. The number of rotatable bonds is 4. The highest BCUT2D eigenvalue weighted by Gasteiger charge is 2.42. The number of ether oxygens (including phenoxy) is 1. The van der Waals surface area contributed by atoms with Gasteiger partial charge in [-0.2, -0.15) is 0 Å². The summed E-state index contributed by atoms with van der Waals surface area (Å²) < 4.78 is 5.32. The zero-order valence-corrected chi connectivity index (χ0v) is 11.7. The van der Waals surface area contributed by atoms with Crippen molar-refractivity contribution >= 4 is 23.5 Å². The molecule has 0 saturated carbocycles. The monoisotopic (exact) mass is 297 g/mol. The molecule has 1 saturated heterocycles. The van der Waals surface area contributed by atoms with E-state index < -0.39 is 17.9 Å². The van der Waals surface area contributed by atoms with Gasteiger partial charge >= 0.3 is 5.97 Å². The molecule has 1 aliphatic rings. The number of aliphatic carboxylic acids is 1. The summed E-state index contributed by atoms with van der Waals surface area (Å²) >= 11 is 6.22. The molecule has 1 amide bonds. The highest BCUT2D eigenvalue weighted by Crippen LogP contribution is 2.38. The van der Waals surface area contributed by atoms with Gasteiger partial charge in [-0.25, -0.2) is 0 Å². The van der Waals surface area contributed by atoms with Crippen molar-refractivity contribution in [3.63, 3.8) is 0 Å². The van der Waals surface area contributed by atoms with E-state index in [1.165, 1.54) is 0 Å². The van der Waals surface area contributed by atoms with Gasteiger partial charge in [0.1, 0.15) is 6.54 Å². The minimum atomic E-state index is -1.07. The first-order valence-electron chi connectivity index (χ1n) is 6.39. The Bertz CT molecular complexity index is 512. The summed E-state index contributed by atoms with van der Waals surface area (Å²) in [4.78, 5) is 23.1. The Hall–Kier alpha value is -1.59. The van der Waals surface area contributed by atoms with Crippen LogP contribution in [0.2, 0.25) is 5.02 Å². The van der Waals surface area contributed by atoms with Crippen LogP contribution in [0, 0.1) is 0 Å². The van der Waals surface area contributed by atoms with Gasteiger partial charge in [-0.15, -0.1) is 0 Å². The fraction of sp³-hybridized carbons (Fsp3) is 0.429. The van der Waals surface area contributed by atoms with Crippen molar-refractivity contribution in [2.75, 3.05) is 19.8 Å². The van der Waals surface area contributed by atoms with E-state index in [2.05, 4.69) is 5.32 Å². The van der Waals surface area contributed by atoms with Crippen LogP contribution in [-0.4, -0.2) is 36.7 Å². The molecule has 0 bridgehead atoms. The number of nitrogens with one attached hydrogen (secondary N) is 1. The minimum Gasteiger partial charge on any atom is -0.480 e. The van der Waals surface area contributed by atoms with Gasteiger partial charge in [0.05, 0.1) is 5.41 Å². The third-order valence-corrected chi connectivity index (χ3v) is 3.90. The lowest BCUT2D eigenvalue weighted by atomic mass is 9.73. The fourth-order valence-corrected chi connectivity index (χ4v) is 2.83. The molecule has 1 fully saturated rings. The van der Waals surface area contributed by atoms with E-state index in [-0.39, 0.29) is 5.91 Å². The smallest absolute Gasteiger partial charge is 0.322 e. The highest BCUT2D eigenvalue weighted by molar-refractivity contribution is 6.31. The summed E-state index contributed by atoms with van der Waals surface area (Å²) in [5, 5.41) is 11.7. The van der Waals surface area contributed by atoms with Crippen molar-refractivity contribution in [1.29, 1.82) is 0 Å². The van der Waals surface area contributed by atoms with Crippen LogP contribution in [0.25, 0.3) is 0 Å². The zero-order valence-electron chi connectivity index (χ0n) is 10.9. The Labute approximate surface area is 121 Å². The standard InChI is InChI=1S/C14H16ClNO4/c15-11-4-2-1-3-10(11)14(5-7-20-8-6-14)13(19)16-9-12(17)18/h1-4H,5-9H2,(H,16,19)(H,17,18). The SMILES string of the molecule is O=C(O)CNC(=O)C1(c2ccccc2Cl)CCOCC1. The van der Waals surface area contributed by atoms with Crippen LogP contribution >= 0.6 is 11.6 Å². The Morgan fingerprint density at radius 2 is 1.95 bits per heavy atom. The third kappa shape index (κ3) is 2.94. The molecular weight excluding hydrogens is 282 g/mol. The van der Waals surface area contributed by atoms with Gasteiger partial charge in [0.2, 0.25) is 5.91 Å². The molecule has 1 aromatic carbocycles. The summed E-state index contributed by atoms with van der Waals surface area (Å²) in [5.41, 5.74) is -0.0840. The molecule has 0 spiro atoms. The predicted molar refractivity (Wildman–Crippen MR) is 73.8 cm³/mol. The third-order valence-electron chi connectivity index (χ3n) is 3.57. The van der Waals surface area contributed by atoms with Crippen LogP contribution in [-0.2, 0) is 19.7 Å². The molecular formula is C14H16ClNO4. The van der Waals surface area contributed by atoms with Gasteiger partial charge in [0, 0.05) is 18.2 Å². The lowest BCUT2D eigenvalue weighted by Gasteiger charge is -2.36. The van der Waals surface area contributed by atoms with Crippen molar-refractivity contribution in [3.05, 3.63) is 34.9 Å². The van der Waals surface area contributed by atoms with E-state index in [9.17, 15) is 9.59 Å². The van der Waals surface area contributed by atoms with Crippen molar-refractivity contribution in [3.8, 4) is 0 Å². The van der Waals surface area contributed by atoms with E-state index in [4.69, 9.17) is 21.4 Å². The average Bonchev–Trinajstić information content (AvgIpc) is 2.46. The number of carboxylic acids is 1. The van der Waals surface area contributed by atoms with Crippen LogP contribution in [0.15, 0.2) is 24.3 Å². The van der Waals surface area contributed by atoms with E-state index >= 15 is 0 Å². The lowest BCUT2D eigenvalue weighted by molar-refractivity contribution is -0.139. The fourth-order valence-electron chi connectivity index (χ4n) is 2.51. The van der Waals surface area contributed by atoms with Crippen molar-refractivity contribution in [2.24, 2.45) is 0 Å². The lowest BCUT2D eigenvalue weighted by Crippen LogP contribution is -2.49. The van der Waals surface area contributed by atoms with Gasteiger partial charge in [0.15, 0.2) is 0 Å². The quantitative estimate of drug-likeness (QED) is 0.885. The van der Waals surface area contributed by atoms with E-state index in [1.54, 1.807) is 12.1 Å². The zero-order chi connectivity index (χ0) is 14.6. The maximum atomic E-state index is 12.5. The van der Waals surface area contributed by atoms with Crippen LogP contribution < -0.4 is 5.32 Å². The number of carbonyl (C=O) groups is 2. The minimum absolute atomic E-state index is 0.309. The molecule has 1 aromatic rings. The maximum Gasteiger partial charge on any atom is 0.322 e. The molecule has 2 N–H and O–H groups in total. The molecule has 0 aliphatic carbocycles. The second-order valence-electron chi connectivity index (χ2n) is 4.75. The first-order chi connectivity index (χ1) is 9.56. The Morgan fingerprint density at radius 1 is 1.30 bits per heavy atom. The number of hydrogen-bond donors (Lipinski definition) is 2. The molecule has 0 unspecified atom stereocenters. The van der Waals surface area contributed by atoms with Crippen LogP contribution in [0.1, 0.15) is 18.4 Å². The first-order valence-corrected chi connectivity index (χ1v) is 6.77. The maximum absolute atomic E-state index is 12.5. The van der Waals surface area contributed by atoms with E-state index in [1.807, 2.05) is 12.1 Å². The first kappa shape index (κ1) is 14.8. The number of carbonyl (C=O) groups excluding carboxylic acids is 1. The van der Waals surface area contributed by atoms with E-state index in [0.29, 0.717) is 31.1 Å². The summed E-state index contributed by atoms with van der Waals surface area (Å²) in [6, 6.07) is 7.17. The second kappa shape index (κ2) is 6.24. The van der Waals surface area contributed by atoms with Gasteiger partial charge in [0.25, 0.3) is 0 Å². The summed E-state index contributed by atoms with van der Waals surface area (Å²) in [7, 11) is 0. The Balaban J connectivity index is 2.33. The Morgan fingerprint density at radius 3 is 2.55 bits per heavy atom. The number of benzene rings is 1. The number of hydrogen-bond acceptors (Lipinski definition) is 3. The van der Waals surface area contributed by atoms with Crippen molar-refractivity contribution in [1.82, 2.24) is 5.32 Å². The van der Waals surface area contributed by atoms with Crippen molar-refractivity contribution < 1.29 is 19.4 Å². The second-order valence-corrected chi connectivity index (χ2v) is 5.16. The molecule has 5 nitrogen and oxygen atoms in total. The van der Waals surface area contributed by atoms with Gasteiger partial charge in [-0.3, -0.25) is 9.59 Å². The topological polar surface area (TPSA) is 75.6 Å². The van der Waals surface area contributed by atoms with Crippen LogP contribution in [0.5, 0.6) is 0 Å². The van der Waals surface area contributed by atoms with Gasteiger partial charge < -0.3 is 15.2 Å². The van der Waals surface area contributed by atoms with Gasteiger partial charge in [-0.1, -0.05) is 29.8 Å². The normalized spacial score (nSPS) is 17.4. The molecule has 20 heavy (non-hydrogen) atoms. The number of amides is 1. The summed E-state index contributed by atoms with van der Waals surface area (Å²) in [5.74, 6) is -1.38. The molecule has 1 heterocycles. The van der Waals surface area contributed by atoms with Crippen LogP contribution in [0.3, 0.4) is 0 Å². The predicted octanol–water partition coefficient (Wildman–Crippen LogP) is 1.59.